The first kappa shape index (κ1) is 18.9. The average molecular weight is 387 g/mol. The number of hydrogen-bond acceptors (Lipinski definition) is 5. The number of piperazine rings is 1. The molecule has 1 saturated heterocycles. The molecule has 1 aliphatic heterocycles. The highest BCUT2D eigenvalue weighted by Crippen LogP contribution is 2.19. The highest BCUT2D eigenvalue weighted by Gasteiger charge is 2.18. The van der Waals surface area contributed by atoms with E-state index in [1.165, 1.54) is 5.69 Å². The summed E-state index contributed by atoms with van der Waals surface area (Å²) < 4.78 is 0. The largest absolute Gasteiger partial charge is 0.381 e. The lowest BCUT2D eigenvalue weighted by molar-refractivity contribution is 0.380. The number of aromatic nitrogens is 2. The van der Waals surface area contributed by atoms with Crippen molar-refractivity contribution >= 4 is 29.1 Å². The van der Waals surface area contributed by atoms with Crippen molar-refractivity contribution in [1.29, 1.82) is 5.26 Å². The zero-order valence-corrected chi connectivity index (χ0v) is 15.8. The Hall–Kier alpha value is -2.92. The van der Waals surface area contributed by atoms with Gasteiger partial charge in [-0.25, -0.2) is 0 Å². The van der Waals surface area contributed by atoms with Gasteiger partial charge in [-0.2, -0.15) is 10.4 Å². The highest BCUT2D eigenvalue weighted by atomic mass is 35.5. The number of rotatable bonds is 5. The number of benzene rings is 1. The summed E-state index contributed by atoms with van der Waals surface area (Å²) in [5.74, 6) is 0.810. The van der Waals surface area contributed by atoms with Crippen molar-refractivity contribution in [3.8, 4) is 6.07 Å². The first-order valence-corrected chi connectivity index (χ1v) is 9.24. The number of nitrogens with one attached hydrogen (secondary N) is 1. The molecule has 9 heteroatoms. The number of nitrogens with zero attached hydrogens (tertiary/aromatic N) is 5. The van der Waals surface area contributed by atoms with Crippen molar-refractivity contribution < 1.29 is 0 Å². The fraction of sp³-hybridized carbons (Fsp3) is 0.389. The van der Waals surface area contributed by atoms with Gasteiger partial charge in [-0.05, 0) is 37.1 Å². The number of nitrogen functional groups attached to an aromatic ring is 1. The van der Waals surface area contributed by atoms with Gasteiger partial charge >= 0.3 is 0 Å². The van der Waals surface area contributed by atoms with Crippen LogP contribution in [0.3, 0.4) is 0 Å². The number of halogens is 1. The molecule has 0 radical (unpaired) electrons. The minimum absolute atomic E-state index is 0.245. The van der Waals surface area contributed by atoms with Crippen LogP contribution < -0.4 is 16.4 Å². The Labute approximate surface area is 163 Å². The van der Waals surface area contributed by atoms with Gasteiger partial charge in [0.2, 0.25) is 0 Å². The van der Waals surface area contributed by atoms with E-state index in [0.717, 1.165) is 43.3 Å². The van der Waals surface area contributed by atoms with Crippen molar-refractivity contribution in [3.05, 3.63) is 40.5 Å². The van der Waals surface area contributed by atoms with Crippen molar-refractivity contribution in [2.24, 2.45) is 10.7 Å². The van der Waals surface area contributed by atoms with E-state index < -0.39 is 0 Å². The minimum atomic E-state index is 0.245. The van der Waals surface area contributed by atoms with Crippen LogP contribution in [-0.4, -0.2) is 53.8 Å². The molecule has 27 heavy (non-hydrogen) atoms. The zero-order chi connectivity index (χ0) is 19.2. The van der Waals surface area contributed by atoms with Gasteiger partial charge < -0.3 is 21.3 Å². The highest BCUT2D eigenvalue weighted by molar-refractivity contribution is 6.30. The molecule has 0 saturated carbocycles. The summed E-state index contributed by atoms with van der Waals surface area (Å²) in [6.07, 6.45) is 1.43. The molecule has 5 N–H and O–H groups in total. The maximum atomic E-state index is 9.07. The topological polar surface area (TPSA) is 123 Å². The summed E-state index contributed by atoms with van der Waals surface area (Å²) in [5.41, 5.74) is 14.1. The predicted octanol–water partition coefficient (Wildman–Crippen LogP) is 1.59. The quantitative estimate of drug-likeness (QED) is 0.407. The van der Waals surface area contributed by atoms with Crippen LogP contribution in [0.4, 0.5) is 11.5 Å². The van der Waals surface area contributed by atoms with Crippen LogP contribution in [-0.2, 0) is 6.42 Å². The summed E-state index contributed by atoms with van der Waals surface area (Å²) >= 11 is 5.95. The van der Waals surface area contributed by atoms with E-state index >= 15 is 0 Å². The standard InChI is InChI=1S/C18H23ClN8/c19-13-3-5-14(6-4-13)26-8-10-27(11-9-26)18(22)23-7-1-2-16-15(12-20)17(21)25-24-16/h3-6H,1-2,7-11H2,(H2,22,23)(H3,21,24,25). The van der Waals surface area contributed by atoms with Gasteiger partial charge in [0.05, 0.1) is 5.69 Å². The number of nitrogens with two attached hydrogens (primary N) is 2. The Bertz CT molecular complexity index is 828. The number of H-pyrrole nitrogens is 1. The molecule has 142 valence electrons. The Balaban J connectivity index is 1.45. The summed E-state index contributed by atoms with van der Waals surface area (Å²) in [7, 11) is 0. The monoisotopic (exact) mass is 386 g/mol. The van der Waals surface area contributed by atoms with Crippen molar-refractivity contribution in [1.82, 2.24) is 15.1 Å². The third kappa shape index (κ3) is 4.63. The van der Waals surface area contributed by atoms with E-state index in [-0.39, 0.29) is 5.82 Å². The molecule has 0 atom stereocenters. The van der Waals surface area contributed by atoms with E-state index in [4.69, 9.17) is 28.3 Å². The summed E-state index contributed by atoms with van der Waals surface area (Å²) in [6, 6.07) is 9.95. The van der Waals surface area contributed by atoms with Crippen LogP contribution >= 0.6 is 11.6 Å². The predicted molar refractivity (Wildman–Crippen MR) is 108 cm³/mol. The Kier molecular flexibility index (Phi) is 6.04. The molecule has 0 unspecified atom stereocenters. The van der Waals surface area contributed by atoms with Gasteiger partial charge in [-0.15, -0.1) is 0 Å². The van der Waals surface area contributed by atoms with Gasteiger partial charge in [-0.3, -0.25) is 10.1 Å². The Morgan fingerprint density at radius 3 is 2.63 bits per heavy atom. The molecule has 0 aliphatic carbocycles. The molecule has 8 nitrogen and oxygen atoms in total. The second-order valence-electron chi connectivity index (χ2n) is 6.37. The third-order valence-corrected chi connectivity index (χ3v) is 4.89. The number of guanidine groups is 1. The van der Waals surface area contributed by atoms with Crippen molar-refractivity contribution in [2.75, 3.05) is 43.4 Å². The molecule has 0 spiro atoms. The van der Waals surface area contributed by atoms with Gasteiger partial charge in [0, 0.05) is 43.4 Å². The fourth-order valence-electron chi connectivity index (χ4n) is 3.09. The molecule has 2 heterocycles. The molecular weight excluding hydrogens is 364 g/mol. The third-order valence-electron chi connectivity index (χ3n) is 4.64. The number of aliphatic imine (C=N–C) groups is 1. The zero-order valence-electron chi connectivity index (χ0n) is 15.0. The molecule has 0 bridgehead atoms. The molecule has 1 aliphatic rings. The Morgan fingerprint density at radius 1 is 1.26 bits per heavy atom. The van der Waals surface area contributed by atoms with Gasteiger partial charge in [0.1, 0.15) is 11.6 Å². The van der Waals surface area contributed by atoms with E-state index in [0.29, 0.717) is 24.5 Å². The maximum Gasteiger partial charge on any atom is 0.191 e. The van der Waals surface area contributed by atoms with Gasteiger partial charge in [-0.1, -0.05) is 11.6 Å². The van der Waals surface area contributed by atoms with E-state index in [1.54, 1.807) is 0 Å². The first-order valence-electron chi connectivity index (χ1n) is 8.86. The molecular formula is C18H23ClN8. The first-order chi connectivity index (χ1) is 13.1. The number of aromatic amines is 1. The lowest BCUT2D eigenvalue weighted by Crippen LogP contribution is -2.51. The lowest BCUT2D eigenvalue weighted by Gasteiger charge is -2.36. The summed E-state index contributed by atoms with van der Waals surface area (Å²) in [5, 5.41) is 16.5. The van der Waals surface area contributed by atoms with Gasteiger partial charge in [0.15, 0.2) is 11.8 Å². The smallest absolute Gasteiger partial charge is 0.191 e. The SMILES string of the molecule is N#Cc1c(N)n[nH]c1CCCN=C(N)N1CCN(c2ccc(Cl)cc2)CC1. The molecule has 0 amide bonds. The van der Waals surface area contributed by atoms with Crippen LogP contribution in [0.25, 0.3) is 0 Å². The fourth-order valence-corrected chi connectivity index (χ4v) is 3.22. The number of nitriles is 1. The minimum Gasteiger partial charge on any atom is -0.381 e. The Morgan fingerprint density at radius 2 is 1.96 bits per heavy atom. The van der Waals surface area contributed by atoms with E-state index in [2.05, 4.69) is 31.1 Å². The number of hydrogen-bond donors (Lipinski definition) is 3. The van der Waals surface area contributed by atoms with Crippen LogP contribution in [0, 0.1) is 11.3 Å². The second kappa shape index (κ2) is 8.64. The lowest BCUT2D eigenvalue weighted by atomic mass is 10.1. The summed E-state index contributed by atoms with van der Waals surface area (Å²) in [6.45, 7) is 4.02. The van der Waals surface area contributed by atoms with Gasteiger partial charge in [0.25, 0.3) is 0 Å². The second-order valence-corrected chi connectivity index (χ2v) is 6.80. The maximum absolute atomic E-state index is 9.07. The van der Waals surface area contributed by atoms with Crippen molar-refractivity contribution in [3.63, 3.8) is 0 Å². The number of anilines is 2. The van der Waals surface area contributed by atoms with Crippen LogP contribution in [0.2, 0.25) is 5.02 Å². The van der Waals surface area contributed by atoms with Crippen molar-refractivity contribution in [2.45, 2.75) is 12.8 Å². The van der Waals surface area contributed by atoms with E-state index in [9.17, 15) is 0 Å². The molecule has 3 rings (SSSR count). The number of aryl methyl sites for hydroxylation is 1. The normalized spacial score (nSPS) is 15.0. The van der Waals surface area contributed by atoms with Crippen LogP contribution in [0.15, 0.2) is 29.3 Å². The summed E-state index contributed by atoms with van der Waals surface area (Å²) in [4.78, 5) is 8.88. The van der Waals surface area contributed by atoms with E-state index in [1.807, 2.05) is 24.3 Å². The van der Waals surface area contributed by atoms with Crippen LogP contribution in [0.5, 0.6) is 0 Å². The average Bonchev–Trinajstić information content (AvgIpc) is 3.05. The molecule has 1 aromatic carbocycles. The molecule has 1 aromatic heterocycles. The molecule has 1 fully saturated rings. The van der Waals surface area contributed by atoms with Crippen LogP contribution in [0.1, 0.15) is 17.7 Å². The molecule has 2 aromatic rings.